The molecule has 0 spiro atoms. The number of anilines is 1. The molecule has 0 radical (unpaired) electrons. The zero-order valence-electron chi connectivity index (χ0n) is 15.4. The van der Waals surface area contributed by atoms with Crippen LogP contribution >= 0.6 is 0 Å². The normalized spacial score (nSPS) is 16.7. The summed E-state index contributed by atoms with van der Waals surface area (Å²) in [7, 11) is 4.76. The van der Waals surface area contributed by atoms with E-state index in [1.54, 1.807) is 32.0 Å². The van der Waals surface area contributed by atoms with Crippen molar-refractivity contribution in [1.29, 1.82) is 0 Å². The van der Waals surface area contributed by atoms with Gasteiger partial charge in [0.05, 0.1) is 18.1 Å². The van der Waals surface area contributed by atoms with Crippen molar-refractivity contribution < 1.29 is 14.4 Å². The van der Waals surface area contributed by atoms with E-state index in [4.69, 9.17) is 9.57 Å². The topological polar surface area (TPSA) is 98.6 Å². The van der Waals surface area contributed by atoms with Crippen LogP contribution < -0.4 is 11.0 Å². The summed E-state index contributed by atoms with van der Waals surface area (Å²) < 4.78 is 7.33. The molecule has 0 unspecified atom stereocenters. The van der Waals surface area contributed by atoms with E-state index in [-0.39, 0.29) is 11.5 Å². The number of rotatable bonds is 4. The van der Waals surface area contributed by atoms with Crippen molar-refractivity contribution in [3.05, 3.63) is 28.3 Å². The predicted octanol–water partition coefficient (Wildman–Crippen LogP) is 0.786. The lowest BCUT2D eigenvalue weighted by Gasteiger charge is -2.40. The Morgan fingerprint density at radius 2 is 1.96 bits per heavy atom. The minimum absolute atomic E-state index is 0.0288. The molecule has 2 aromatic rings. The van der Waals surface area contributed by atoms with E-state index in [0.717, 1.165) is 0 Å². The maximum atomic E-state index is 13.0. The Balaban J connectivity index is 2.14. The zero-order valence-corrected chi connectivity index (χ0v) is 15.4. The summed E-state index contributed by atoms with van der Waals surface area (Å²) >= 11 is 0. The van der Waals surface area contributed by atoms with Gasteiger partial charge < -0.3 is 9.64 Å². The fourth-order valence-electron chi connectivity index (χ4n) is 3.54. The standard InChI is InChI=1S/C17H23N5O4/c1-11(23)22-7-5-17(25-3,6-8-22)13-9-12-14(20-26-4)18-10-19-15(12)21(2)16(13)24/h9-10H,5-8H2,1-4H3,(H,18,19,20). The number of pyridine rings is 1. The lowest BCUT2D eigenvalue weighted by atomic mass is 9.84. The van der Waals surface area contributed by atoms with Crippen LogP contribution in [0.2, 0.25) is 0 Å². The van der Waals surface area contributed by atoms with Crippen molar-refractivity contribution >= 4 is 22.8 Å². The van der Waals surface area contributed by atoms with Crippen LogP contribution in [-0.4, -0.2) is 52.7 Å². The van der Waals surface area contributed by atoms with Crippen molar-refractivity contribution in [2.75, 3.05) is 32.8 Å². The van der Waals surface area contributed by atoms with E-state index >= 15 is 0 Å². The SMILES string of the molecule is CONc1ncnc2c1cc(C1(OC)CCN(C(C)=O)CC1)c(=O)n2C. The zero-order chi connectivity index (χ0) is 18.9. The van der Waals surface area contributed by atoms with Crippen LogP contribution in [0.1, 0.15) is 25.3 Å². The number of ether oxygens (including phenoxy) is 1. The van der Waals surface area contributed by atoms with Gasteiger partial charge in [0.1, 0.15) is 17.6 Å². The van der Waals surface area contributed by atoms with Crippen LogP contribution in [0.3, 0.4) is 0 Å². The van der Waals surface area contributed by atoms with Gasteiger partial charge in [0.2, 0.25) is 5.91 Å². The number of fused-ring (bicyclic) bond motifs is 1. The molecule has 9 heteroatoms. The van der Waals surface area contributed by atoms with Gasteiger partial charge in [-0.25, -0.2) is 15.4 Å². The fourth-order valence-corrected chi connectivity index (χ4v) is 3.54. The Bertz CT molecular complexity index is 887. The average molecular weight is 361 g/mol. The van der Waals surface area contributed by atoms with E-state index in [1.165, 1.54) is 18.0 Å². The summed E-state index contributed by atoms with van der Waals surface area (Å²) in [4.78, 5) is 39.8. The number of likely N-dealkylation sites (tertiary alicyclic amines) is 1. The van der Waals surface area contributed by atoms with Crippen LogP contribution in [0, 0.1) is 0 Å². The second kappa shape index (κ2) is 7.00. The summed E-state index contributed by atoms with van der Waals surface area (Å²) in [6, 6.07) is 1.77. The minimum atomic E-state index is -0.755. The Labute approximate surface area is 150 Å². The second-order valence-corrected chi connectivity index (χ2v) is 6.39. The molecule has 1 aliphatic heterocycles. The number of methoxy groups -OCH3 is 1. The third-order valence-corrected chi connectivity index (χ3v) is 5.10. The van der Waals surface area contributed by atoms with Crippen molar-refractivity contribution in [2.24, 2.45) is 7.05 Å². The summed E-state index contributed by atoms with van der Waals surface area (Å²) in [5.74, 6) is 0.503. The fraction of sp³-hybridized carbons (Fsp3) is 0.529. The first-order chi connectivity index (χ1) is 12.4. The first-order valence-corrected chi connectivity index (χ1v) is 8.38. The van der Waals surface area contributed by atoms with Gasteiger partial charge in [0, 0.05) is 34.2 Å². The van der Waals surface area contributed by atoms with Crippen LogP contribution in [-0.2, 0) is 27.0 Å². The lowest BCUT2D eigenvalue weighted by Crippen LogP contribution is -2.48. The Kier molecular flexibility index (Phi) is 4.92. The number of carbonyl (C=O) groups is 1. The summed E-state index contributed by atoms with van der Waals surface area (Å²) in [5, 5.41) is 0.664. The highest BCUT2D eigenvalue weighted by molar-refractivity contribution is 5.86. The van der Waals surface area contributed by atoms with Gasteiger partial charge in [-0.1, -0.05) is 0 Å². The molecule has 0 bridgehead atoms. The number of piperidine rings is 1. The van der Waals surface area contributed by atoms with Gasteiger partial charge >= 0.3 is 0 Å². The maximum Gasteiger partial charge on any atom is 0.258 e. The van der Waals surface area contributed by atoms with E-state index in [1.807, 2.05) is 0 Å². The third kappa shape index (κ3) is 2.93. The predicted molar refractivity (Wildman–Crippen MR) is 95.6 cm³/mol. The molecule has 1 saturated heterocycles. The highest BCUT2D eigenvalue weighted by Gasteiger charge is 2.39. The van der Waals surface area contributed by atoms with E-state index in [9.17, 15) is 9.59 Å². The molecule has 1 amide bonds. The summed E-state index contributed by atoms with van der Waals surface area (Å²) in [6.45, 7) is 2.63. The molecule has 1 N–H and O–H groups in total. The molecule has 1 aliphatic rings. The molecular formula is C17H23N5O4. The molecule has 3 heterocycles. The first-order valence-electron chi connectivity index (χ1n) is 8.38. The van der Waals surface area contributed by atoms with Crippen LogP contribution in [0.4, 0.5) is 5.82 Å². The van der Waals surface area contributed by atoms with Crippen molar-refractivity contribution in [3.63, 3.8) is 0 Å². The van der Waals surface area contributed by atoms with E-state index in [0.29, 0.717) is 48.3 Å². The van der Waals surface area contributed by atoms with Crippen LogP contribution in [0.15, 0.2) is 17.2 Å². The number of hydrogen-bond acceptors (Lipinski definition) is 7. The van der Waals surface area contributed by atoms with Gasteiger partial charge in [-0.15, -0.1) is 0 Å². The van der Waals surface area contributed by atoms with Crippen LogP contribution in [0.25, 0.3) is 11.0 Å². The van der Waals surface area contributed by atoms with Gasteiger partial charge in [0.15, 0.2) is 5.82 Å². The molecule has 26 heavy (non-hydrogen) atoms. The third-order valence-electron chi connectivity index (χ3n) is 5.10. The Morgan fingerprint density at radius 1 is 1.27 bits per heavy atom. The molecule has 3 rings (SSSR count). The van der Waals surface area contributed by atoms with Gasteiger partial charge in [-0.2, -0.15) is 0 Å². The summed E-state index contributed by atoms with van der Waals surface area (Å²) in [6.07, 6.45) is 2.47. The molecule has 2 aromatic heterocycles. The number of aryl methyl sites for hydroxylation is 1. The van der Waals surface area contributed by atoms with Crippen molar-refractivity contribution in [1.82, 2.24) is 19.4 Å². The molecule has 9 nitrogen and oxygen atoms in total. The molecule has 0 aromatic carbocycles. The monoisotopic (exact) mass is 361 g/mol. The Morgan fingerprint density at radius 3 is 2.54 bits per heavy atom. The van der Waals surface area contributed by atoms with Crippen molar-refractivity contribution in [3.8, 4) is 0 Å². The second-order valence-electron chi connectivity index (χ2n) is 6.39. The quantitative estimate of drug-likeness (QED) is 0.804. The minimum Gasteiger partial charge on any atom is -0.373 e. The first kappa shape index (κ1) is 18.3. The molecular weight excluding hydrogens is 338 g/mol. The number of hydrogen-bond donors (Lipinski definition) is 1. The number of carbonyl (C=O) groups excluding carboxylic acids is 1. The maximum absolute atomic E-state index is 13.0. The summed E-state index contributed by atoms with van der Waals surface area (Å²) in [5.41, 5.74) is 2.83. The Hall–Kier alpha value is -2.52. The largest absolute Gasteiger partial charge is 0.373 e. The van der Waals surface area contributed by atoms with E-state index in [2.05, 4.69) is 15.4 Å². The number of aromatic nitrogens is 3. The molecule has 0 atom stereocenters. The number of nitrogens with one attached hydrogen (secondary N) is 1. The number of amides is 1. The number of nitrogens with zero attached hydrogens (tertiary/aromatic N) is 4. The lowest BCUT2D eigenvalue weighted by molar-refractivity contribution is -0.135. The van der Waals surface area contributed by atoms with Gasteiger partial charge in [0.25, 0.3) is 5.56 Å². The van der Waals surface area contributed by atoms with Crippen molar-refractivity contribution in [2.45, 2.75) is 25.4 Å². The van der Waals surface area contributed by atoms with E-state index < -0.39 is 5.60 Å². The van der Waals surface area contributed by atoms with Gasteiger partial charge in [-0.3, -0.25) is 19.0 Å². The molecule has 1 fully saturated rings. The molecule has 0 aliphatic carbocycles. The molecule has 0 saturated carbocycles. The smallest absolute Gasteiger partial charge is 0.258 e. The average Bonchev–Trinajstić information content (AvgIpc) is 2.65. The molecule has 140 valence electrons. The van der Waals surface area contributed by atoms with Gasteiger partial charge in [-0.05, 0) is 18.9 Å². The highest BCUT2D eigenvalue weighted by Crippen LogP contribution is 2.36. The van der Waals surface area contributed by atoms with Crippen LogP contribution in [0.5, 0.6) is 0 Å². The highest BCUT2D eigenvalue weighted by atomic mass is 16.6.